The first-order chi connectivity index (χ1) is 11.6. The minimum Gasteiger partial charge on any atom is -0.481 e. The molecule has 25 heavy (non-hydrogen) atoms. The van der Waals surface area contributed by atoms with E-state index in [4.69, 9.17) is 5.11 Å². The summed E-state index contributed by atoms with van der Waals surface area (Å²) in [5, 5.41) is 16.2. The van der Waals surface area contributed by atoms with Crippen LogP contribution in [0, 0.1) is 5.92 Å². The van der Waals surface area contributed by atoms with Gasteiger partial charge in [-0.3, -0.25) is 9.59 Å². The Bertz CT molecular complexity index is 773. The van der Waals surface area contributed by atoms with Gasteiger partial charge in [0.15, 0.2) is 11.5 Å². The van der Waals surface area contributed by atoms with E-state index in [1.807, 2.05) is 0 Å². The summed E-state index contributed by atoms with van der Waals surface area (Å²) in [5.41, 5.74) is -0.989. The number of amides is 1. The average molecular weight is 357 g/mol. The van der Waals surface area contributed by atoms with Gasteiger partial charge in [-0.05, 0) is 12.1 Å². The van der Waals surface area contributed by atoms with Crippen molar-refractivity contribution < 1.29 is 27.9 Å². The number of aromatic nitrogens is 4. The van der Waals surface area contributed by atoms with E-state index in [1.165, 1.54) is 25.1 Å². The molecule has 8 nitrogen and oxygen atoms in total. The number of hydrogen-bond acceptors (Lipinski definition) is 5. The number of carboxylic acid groups (broad SMARTS) is 1. The number of aliphatic carboxylic acids is 1. The number of carbonyl (C=O) groups is 2. The van der Waals surface area contributed by atoms with Crippen molar-refractivity contribution in [1.82, 2.24) is 24.9 Å². The summed E-state index contributed by atoms with van der Waals surface area (Å²) in [6.07, 6.45) is -2.64. The molecule has 0 fully saturated rings. The minimum atomic E-state index is -4.50. The standard InChI is InChI=1S/C14H14F3N5O3/c1-8(13(24)25)6-21(2)12(23)10-7-22(20-19-10)11-4-3-9(5-18-11)14(15,16)17/h3-5,7-8H,6H2,1-2H3,(H,24,25). The Morgan fingerprint density at radius 1 is 1.36 bits per heavy atom. The molecule has 134 valence electrons. The van der Waals surface area contributed by atoms with Gasteiger partial charge in [0.1, 0.15) is 0 Å². The highest BCUT2D eigenvalue weighted by Gasteiger charge is 2.30. The zero-order valence-electron chi connectivity index (χ0n) is 13.2. The number of nitrogens with zero attached hydrogens (tertiary/aromatic N) is 5. The second kappa shape index (κ2) is 6.87. The number of pyridine rings is 1. The highest BCUT2D eigenvalue weighted by atomic mass is 19.4. The number of carboxylic acids is 1. The molecule has 1 atom stereocenters. The molecule has 11 heteroatoms. The first-order valence-electron chi connectivity index (χ1n) is 7.04. The smallest absolute Gasteiger partial charge is 0.417 e. The van der Waals surface area contributed by atoms with Gasteiger partial charge in [0.25, 0.3) is 5.91 Å². The summed E-state index contributed by atoms with van der Waals surface area (Å²) < 4.78 is 38.6. The third-order valence-corrected chi connectivity index (χ3v) is 3.34. The molecular weight excluding hydrogens is 343 g/mol. The molecule has 2 aromatic rings. The van der Waals surface area contributed by atoms with Crippen LogP contribution in [0.4, 0.5) is 13.2 Å². The van der Waals surface area contributed by atoms with Crippen LogP contribution in [-0.4, -0.2) is 55.5 Å². The molecule has 2 heterocycles. The quantitative estimate of drug-likeness (QED) is 0.870. The normalized spacial score (nSPS) is 12.7. The topological polar surface area (TPSA) is 101 Å². The second-order valence-corrected chi connectivity index (χ2v) is 5.38. The summed E-state index contributed by atoms with van der Waals surface area (Å²) in [6, 6.07) is 1.94. The Morgan fingerprint density at radius 2 is 2.04 bits per heavy atom. The van der Waals surface area contributed by atoms with Gasteiger partial charge in [-0.25, -0.2) is 9.67 Å². The van der Waals surface area contributed by atoms with Crippen LogP contribution in [0.5, 0.6) is 0 Å². The molecule has 1 N–H and O–H groups in total. The van der Waals surface area contributed by atoms with E-state index >= 15 is 0 Å². The maximum absolute atomic E-state index is 12.5. The average Bonchev–Trinajstić information content (AvgIpc) is 3.03. The molecule has 0 aromatic carbocycles. The molecule has 0 aliphatic carbocycles. The predicted molar refractivity (Wildman–Crippen MR) is 77.9 cm³/mol. The van der Waals surface area contributed by atoms with Gasteiger partial charge in [-0.2, -0.15) is 13.2 Å². The molecule has 0 aliphatic heterocycles. The molecule has 0 saturated carbocycles. The van der Waals surface area contributed by atoms with Crippen molar-refractivity contribution in [1.29, 1.82) is 0 Å². The van der Waals surface area contributed by atoms with Gasteiger partial charge in [0.2, 0.25) is 0 Å². The Hall–Kier alpha value is -2.98. The molecule has 0 spiro atoms. The lowest BCUT2D eigenvalue weighted by Crippen LogP contribution is -2.33. The monoisotopic (exact) mass is 357 g/mol. The number of alkyl halides is 3. The van der Waals surface area contributed by atoms with Gasteiger partial charge in [0.05, 0.1) is 17.7 Å². The lowest BCUT2D eigenvalue weighted by atomic mass is 10.2. The van der Waals surface area contributed by atoms with Crippen molar-refractivity contribution in [3.63, 3.8) is 0 Å². The number of hydrogen-bond donors (Lipinski definition) is 1. The Balaban J connectivity index is 2.14. The van der Waals surface area contributed by atoms with Gasteiger partial charge in [-0.1, -0.05) is 12.1 Å². The fourth-order valence-electron chi connectivity index (χ4n) is 1.93. The van der Waals surface area contributed by atoms with Gasteiger partial charge in [-0.15, -0.1) is 5.10 Å². The summed E-state index contributed by atoms with van der Waals surface area (Å²) in [7, 11) is 1.41. The first-order valence-corrected chi connectivity index (χ1v) is 7.04. The number of rotatable bonds is 5. The fourth-order valence-corrected chi connectivity index (χ4v) is 1.93. The van der Waals surface area contributed by atoms with E-state index in [0.717, 1.165) is 16.8 Å². The second-order valence-electron chi connectivity index (χ2n) is 5.38. The predicted octanol–water partition coefficient (Wildman–Crippen LogP) is 1.47. The van der Waals surface area contributed by atoms with E-state index in [9.17, 15) is 22.8 Å². The van der Waals surface area contributed by atoms with Crippen LogP contribution in [0.2, 0.25) is 0 Å². The van der Waals surface area contributed by atoms with Crippen molar-refractivity contribution in [3.05, 3.63) is 35.8 Å². The molecule has 0 aliphatic rings. The molecule has 1 unspecified atom stereocenters. The molecular formula is C14H14F3N5O3. The van der Waals surface area contributed by atoms with Crippen LogP contribution < -0.4 is 0 Å². The van der Waals surface area contributed by atoms with Crippen LogP contribution in [0.15, 0.2) is 24.5 Å². The Morgan fingerprint density at radius 3 is 2.56 bits per heavy atom. The summed E-state index contributed by atoms with van der Waals surface area (Å²) >= 11 is 0. The summed E-state index contributed by atoms with van der Waals surface area (Å²) in [4.78, 5) is 27.8. The Labute approximate surface area is 139 Å². The van der Waals surface area contributed by atoms with Crippen LogP contribution in [0.25, 0.3) is 5.82 Å². The van der Waals surface area contributed by atoms with E-state index in [-0.39, 0.29) is 18.1 Å². The van der Waals surface area contributed by atoms with Crippen molar-refractivity contribution in [3.8, 4) is 5.82 Å². The highest BCUT2D eigenvalue weighted by molar-refractivity contribution is 5.92. The first kappa shape index (κ1) is 18.4. The lowest BCUT2D eigenvalue weighted by molar-refractivity contribution is -0.141. The SMILES string of the molecule is CC(CN(C)C(=O)c1cn(-c2ccc(C(F)(F)F)cn2)nn1)C(=O)O. The molecule has 0 saturated heterocycles. The van der Waals surface area contributed by atoms with Crippen molar-refractivity contribution in [2.75, 3.05) is 13.6 Å². The summed E-state index contributed by atoms with van der Waals surface area (Å²) in [6.45, 7) is 1.43. The van der Waals surface area contributed by atoms with Crippen LogP contribution in [-0.2, 0) is 11.0 Å². The number of halogens is 3. The van der Waals surface area contributed by atoms with E-state index in [0.29, 0.717) is 6.20 Å². The van der Waals surface area contributed by atoms with Crippen molar-refractivity contribution >= 4 is 11.9 Å². The van der Waals surface area contributed by atoms with Crippen molar-refractivity contribution in [2.24, 2.45) is 5.92 Å². The lowest BCUT2D eigenvalue weighted by Gasteiger charge is -2.17. The summed E-state index contributed by atoms with van der Waals surface area (Å²) in [5.74, 6) is -2.31. The highest BCUT2D eigenvalue weighted by Crippen LogP contribution is 2.28. The third-order valence-electron chi connectivity index (χ3n) is 3.34. The maximum atomic E-state index is 12.5. The third kappa shape index (κ3) is 4.31. The van der Waals surface area contributed by atoms with Crippen LogP contribution in [0.3, 0.4) is 0 Å². The van der Waals surface area contributed by atoms with E-state index < -0.39 is 29.5 Å². The zero-order valence-corrected chi connectivity index (χ0v) is 13.2. The Kier molecular flexibility index (Phi) is 5.04. The molecule has 2 rings (SSSR count). The van der Waals surface area contributed by atoms with Gasteiger partial charge >= 0.3 is 12.1 Å². The van der Waals surface area contributed by atoms with Crippen molar-refractivity contribution in [2.45, 2.75) is 13.1 Å². The number of carbonyl (C=O) groups excluding carboxylic acids is 1. The molecule has 2 aromatic heterocycles. The van der Waals surface area contributed by atoms with Crippen LogP contribution in [0.1, 0.15) is 23.0 Å². The van der Waals surface area contributed by atoms with E-state index in [1.54, 1.807) is 0 Å². The molecule has 0 bridgehead atoms. The largest absolute Gasteiger partial charge is 0.481 e. The fraction of sp³-hybridized carbons (Fsp3) is 0.357. The maximum Gasteiger partial charge on any atom is 0.417 e. The zero-order chi connectivity index (χ0) is 18.8. The van der Waals surface area contributed by atoms with Crippen LogP contribution >= 0.6 is 0 Å². The van der Waals surface area contributed by atoms with E-state index in [2.05, 4.69) is 15.3 Å². The van der Waals surface area contributed by atoms with Gasteiger partial charge in [0, 0.05) is 19.8 Å². The van der Waals surface area contributed by atoms with Gasteiger partial charge < -0.3 is 10.0 Å². The minimum absolute atomic E-state index is 0.0282. The molecule has 0 radical (unpaired) electrons. The molecule has 1 amide bonds.